The molecule has 0 amide bonds. The average Bonchev–Trinajstić information content (AvgIpc) is 2.86. The zero-order chi connectivity index (χ0) is 15.7. The summed E-state index contributed by atoms with van der Waals surface area (Å²) in [6.07, 6.45) is 0. The second-order valence-corrected chi connectivity index (χ2v) is 4.26. The first-order chi connectivity index (χ1) is 9.88. The standard InChI is InChI=1S/C11H14N6O4/c1-5-21-10(19)6(2)13-17-8-7(12-14-17)9(18)16(4)11(20)15(8)3/h5H2,1-4H3/b13-6+. The fourth-order valence-electron chi connectivity index (χ4n) is 1.75. The zero-order valence-electron chi connectivity index (χ0n) is 12.0. The molecule has 2 aromatic heterocycles. The molecule has 0 atom stereocenters. The van der Waals surface area contributed by atoms with E-state index < -0.39 is 17.2 Å². The van der Waals surface area contributed by atoms with Crippen LogP contribution in [0, 0.1) is 0 Å². The van der Waals surface area contributed by atoms with E-state index in [1.165, 1.54) is 25.6 Å². The molecule has 0 aliphatic carbocycles. The summed E-state index contributed by atoms with van der Waals surface area (Å²) in [5.41, 5.74) is -1.01. The summed E-state index contributed by atoms with van der Waals surface area (Å²) in [6.45, 7) is 3.32. The molecule has 2 aromatic rings. The monoisotopic (exact) mass is 294 g/mol. The van der Waals surface area contributed by atoms with Gasteiger partial charge in [-0.25, -0.2) is 9.59 Å². The van der Waals surface area contributed by atoms with Gasteiger partial charge in [0.05, 0.1) is 6.61 Å². The largest absolute Gasteiger partial charge is 0.461 e. The molecule has 0 unspecified atom stereocenters. The average molecular weight is 294 g/mol. The minimum absolute atomic E-state index is 0.0139. The second kappa shape index (κ2) is 5.31. The van der Waals surface area contributed by atoms with Crippen molar-refractivity contribution < 1.29 is 9.53 Å². The molecule has 0 bridgehead atoms. The van der Waals surface area contributed by atoms with Gasteiger partial charge in [-0.3, -0.25) is 13.9 Å². The van der Waals surface area contributed by atoms with E-state index in [-0.39, 0.29) is 23.5 Å². The first kappa shape index (κ1) is 14.6. The third-order valence-electron chi connectivity index (χ3n) is 2.85. The van der Waals surface area contributed by atoms with Crippen LogP contribution in [0.3, 0.4) is 0 Å². The van der Waals surface area contributed by atoms with Crippen LogP contribution < -0.4 is 11.2 Å². The molecule has 112 valence electrons. The Labute approximate surface area is 118 Å². The van der Waals surface area contributed by atoms with Crippen molar-refractivity contribution in [3.63, 3.8) is 0 Å². The quantitative estimate of drug-likeness (QED) is 0.509. The first-order valence-corrected chi connectivity index (χ1v) is 6.12. The van der Waals surface area contributed by atoms with Crippen LogP contribution in [-0.4, -0.2) is 42.5 Å². The topological polar surface area (TPSA) is 113 Å². The number of carbonyl (C=O) groups is 1. The molecular weight excluding hydrogens is 280 g/mol. The Balaban J connectivity index is 2.68. The molecule has 0 saturated carbocycles. The van der Waals surface area contributed by atoms with Crippen molar-refractivity contribution in [2.24, 2.45) is 19.2 Å². The van der Waals surface area contributed by atoms with E-state index in [4.69, 9.17) is 4.74 Å². The molecule has 0 aliphatic rings. The van der Waals surface area contributed by atoms with Crippen LogP contribution >= 0.6 is 0 Å². The Morgan fingerprint density at radius 1 is 1.29 bits per heavy atom. The molecule has 0 saturated heterocycles. The Bertz CT molecular complexity index is 856. The predicted molar refractivity (Wildman–Crippen MR) is 73.2 cm³/mol. The van der Waals surface area contributed by atoms with E-state index >= 15 is 0 Å². The normalized spacial score (nSPS) is 11.9. The maximum Gasteiger partial charge on any atom is 0.354 e. The number of rotatable bonds is 3. The molecule has 0 spiro atoms. The number of aryl methyl sites for hydroxylation is 1. The lowest BCUT2D eigenvalue weighted by molar-refractivity contribution is -0.135. The summed E-state index contributed by atoms with van der Waals surface area (Å²) < 4.78 is 6.89. The van der Waals surface area contributed by atoms with Crippen LogP contribution in [0.1, 0.15) is 13.8 Å². The summed E-state index contributed by atoms with van der Waals surface area (Å²) in [5.74, 6) is -0.616. The summed E-state index contributed by atoms with van der Waals surface area (Å²) in [7, 11) is 2.80. The van der Waals surface area contributed by atoms with Gasteiger partial charge in [-0.05, 0) is 19.1 Å². The minimum atomic E-state index is -0.616. The molecule has 0 fully saturated rings. The van der Waals surface area contributed by atoms with Crippen molar-refractivity contribution in [1.29, 1.82) is 0 Å². The SMILES string of the molecule is CCOC(=O)/C(C)=N/n1nnc2c(=O)n(C)c(=O)n(C)c21. The van der Waals surface area contributed by atoms with Crippen molar-refractivity contribution in [2.45, 2.75) is 13.8 Å². The van der Waals surface area contributed by atoms with Gasteiger partial charge >= 0.3 is 11.7 Å². The number of aromatic nitrogens is 5. The zero-order valence-corrected chi connectivity index (χ0v) is 12.0. The number of esters is 1. The molecule has 2 heterocycles. The van der Waals surface area contributed by atoms with Crippen LogP contribution in [0.15, 0.2) is 14.7 Å². The highest BCUT2D eigenvalue weighted by Gasteiger charge is 2.16. The van der Waals surface area contributed by atoms with Gasteiger partial charge < -0.3 is 4.74 Å². The summed E-state index contributed by atoms with van der Waals surface area (Å²) in [5, 5.41) is 11.3. The number of nitrogens with zero attached hydrogens (tertiary/aromatic N) is 6. The summed E-state index contributed by atoms with van der Waals surface area (Å²) >= 11 is 0. The number of hydrogen-bond donors (Lipinski definition) is 0. The van der Waals surface area contributed by atoms with E-state index in [2.05, 4.69) is 15.4 Å². The van der Waals surface area contributed by atoms with Crippen LogP contribution in [0.5, 0.6) is 0 Å². The Hall–Kier alpha value is -2.78. The van der Waals surface area contributed by atoms with Gasteiger partial charge in [0, 0.05) is 14.1 Å². The summed E-state index contributed by atoms with van der Waals surface area (Å²) in [4.78, 5) is 36.3. The highest BCUT2D eigenvalue weighted by molar-refractivity contribution is 6.35. The van der Waals surface area contributed by atoms with Crippen molar-refractivity contribution in [3.8, 4) is 0 Å². The molecular formula is C11H14N6O4. The fraction of sp³-hybridized carbons (Fsp3) is 0.455. The van der Waals surface area contributed by atoms with Crippen molar-refractivity contribution in [3.05, 3.63) is 20.8 Å². The van der Waals surface area contributed by atoms with Gasteiger partial charge in [0.1, 0.15) is 5.71 Å². The van der Waals surface area contributed by atoms with Crippen LogP contribution in [0.4, 0.5) is 0 Å². The second-order valence-electron chi connectivity index (χ2n) is 4.26. The fourth-order valence-corrected chi connectivity index (χ4v) is 1.75. The van der Waals surface area contributed by atoms with Gasteiger partial charge in [0.25, 0.3) is 5.56 Å². The maximum atomic E-state index is 11.9. The lowest BCUT2D eigenvalue weighted by Gasteiger charge is -2.04. The molecule has 10 nitrogen and oxygen atoms in total. The number of hydrogen-bond acceptors (Lipinski definition) is 7. The predicted octanol–water partition coefficient (Wildman–Crippen LogP) is -1.38. The van der Waals surface area contributed by atoms with Gasteiger partial charge in [-0.15, -0.1) is 15.0 Å². The third kappa shape index (κ3) is 2.35. The molecule has 10 heteroatoms. The first-order valence-electron chi connectivity index (χ1n) is 6.12. The van der Waals surface area contributed by atoms with Crippen molar-refractivity contribution >= 4 is 22.8 Å². The van der Waals surface area contributed by atoms with E-state index in [0.29, 0.717) is 0 Å². The van der Waals surface area contributed by atoms with Crippen LogP contribution in [-0.2, 0) is 23.6 Å². The van der Waals surface area contributed by atoms with Crippen molar-refractivity contribution in [2.75, 3.05) is 6.61 Å². The number of ether oxygens (including phenoxy) is 1. The molecule has 0 aliphatic heterocycles. The van der Waals surface area contributed by atoms with Gasteiger partial charge in [-0.2, -0.15) is 0 Å². The lowest BCUT2D eigenvalue weighted by Crippen LogP contribution is -2.37. The minimum Gasteiger partial charge on any atom is -0.461 e. The van der Waals surface area contributed by atoms with Gasteiger partial charge in [0.15, 0.2) is 11.2 Å². The van der Waals surface area contributed by atoms with Crippen LogP contribution in [0.25, 0.3) is 11.2 Å². The third-order valence-corrected chi connectivity index (χ3v) is 2.85. The Kier molecular flexibility index (Phi) is 3.70. The Morgan fingerprint density at radius 3 is 2.57 bits per heavy atom. The van der Waals surface area contributed by atoms with Gasteiger partial charge in [0.2, 0.25) is 0 Å². The molecule has 0 N–H and O–H groups in total. The molecule has 2 rings (SSSR count). The van der Waals surface area contributed by atoms with E-state index in [9.17, 15) is 14.4 Å². The molecule has 0 radical (unpaired) electrons. The highest BCUT2D eigenvalue weighted by Crippen LogP contribution is 2.03. The summed E-state index contributed by atoms with van der Waals surface area (Å²) in [6, 6.07) is 0. The molecule has 0 aromatic carbocycles. The maximum absolute atomic E-state index is 11.9. The highest BCUT2D eigenvalue weighted by atomic mass is 16.5. The smallest absolute Gasteiger partial charge is 0.354 e. The van der Waals surface area contributed by atoms with E-state index in [1.54, 1.807) is 6.92 Å². The lowest BCUT2D eigenvalue weighted by atomic mass is 10.4. The van der Waals surface area contributed by atoms with E-state index in [0.717, 1.165) is 9.36 Å². The number of fused-ring (bicyclic) bond motifs is 1. The van der Waals surface area contributed by atoms with Gasteiger partial charge in [-0.1, -0.05) is 0 Å². The number of carbonyl (C=O) groups excluding carboxylic acids is 1. The van der Waals surface area contributed by atoms with E-state index in [1.807, 2.05) is 0 Å². The molecule has 21 heavy (non-hydrogen) atoms. The van der Waals surface area contributed by atoms with Crippen molar-refractivity contribution in [1.82, 2.24) is 24.2 Å². The van der Waals surface area contributed by atoms with Crippen LogP contribution in [0.2, 0.25) is 0 Å². The Morgan fingerprint density at radius 2 is 1.95 bits per heavy atom.